The summed E-state index contributed by atoms with van der Waals surface area (Å²) in [5, 5.41) is 0. The normalized spacial score (nSPS) is 12.0. The van der Waals surface area contributed by atoms with Gasteiger partial charge >= 0.3 is 0 Å². The number of hydrogen-bond acceptors (Lipinski definition) is 7. The molecule has 0 amide bonds. The smallest absolute Gasteiger partial charge is 0.264 e. The van der Waals surface area contributed by atoms with Gasteiger partial charge in [0.25, 0.3) is 10.1 Å². The zero-order valence-electron chi connectivity index (χ0n) is 16.0. The van der Waals surface area contributed by atoms with E-state index in [4.69, 9.17) is 9.15 Å². The Bertz CT molecular complexity index is 1070. The van der Waals surface area contributed by atoms with Crippen molar-refractivity contribution in [2.75, 3.05) is 38.5 Å². The Balaban J connectivity index is 1.65. The van der Waals surface area contributed by atoms with Gasteiger partial charge in [-0.25, -0.2) is 4.98 Å². The van der Waals surface area contributed by atoms with Crippen LogP contribution in [0.5, 0.6) is 5.75 Å². The van der Waals surface area contributed by atoms with Gasteiger partial charge in [-0.05, 0) is 35.9 Å². The van der Waals surface area contributed by atoms with Crippen LogP contribution in [0.4, 0.5) is 5.69 Å². The van der Waals surface area contributed by atoms with Crippen LogP contribution in [-0.2, 0) is 14.3 Å². The van der Waals surface area contributed by atoms with Gasteiger partial charge in [-0.2, -0.15) is 8.42 Å². The summed E-state index contributed by atoms with van der Waals surface area (Å²) >= 11 is 0. The molecular weight excluding hydrogens is 380 g/mol. The standard InChI is InChI=1S/C20H22N2O5S/c1-22(2)16-7-4-15(5-8-16)6-11-20-21-18-10-9-17(14-19(18)27-20)25-12-13-26-28(3,23)24/h4-11,14H,12-13H2,1-3H3. The van der Waals surface area contributed by atoms with Crippen LogP contribution in [0.25, 0.3) is 23.3 Å². The Labute approximate surface area is 164 Å². The second-order valence-electron chi connectivity index (χ2n) is 6.38. The minimum Gasteiger partial charge on any atom is -0.491 e. The van der Waals surface area contributed by atoms with E-state index < -0.39 is 10.1 Å². The number of fused-ring (bicyclic) bond motifs is 1. The molecule has 0 unspecified atom stereocenters. The summed E-state index contributed by atoms with van der Waals surface area (Å²) in [7, 11) is 0.535. The van der Waals surface area contributed by atoms with Crippen molar-refractivity contribution >= 4 is 39.1 Å². The van der Waals surface area contributed by atoms with Crippen molar-refractivity contribution in [1.82, 2.24) is 4.98 Å². The van der Waals surface area contributed by atoms with Gasteiger partial charge in [0, 0.05) is 31.9 Å². The Hall–Kier alpha value is -2.84. The Morgan fingerprint density at radius 3 is 2.50 bits per heavy atom. The van der Waals surface area contributed by atoms with Crippen LogP contribution in [-0.4, -0.2) is 47.0 Å². The van der Waals surface area contributed by atoms with E-state index in [1.54, 1.807) is 18.2 Å². The molecule has 0 atom stereocenters. The van der Waals surface area contributed by atoms with Crippen molar-refractivity contribution in [2.24, 2.45) is 0 Å². The maximum atomic E-state index is 10.9. The lowest BCUT2D eigenvalue weighted by Crippen LogP contribution is -2.11. The fraction of sp³-hybridized carbons (Fsp3) is 0.250. The number of aromatic nitrogens is 1. The highest BCUT2D eigenvalue weighted by atomic mass is 32.2. The molecule has 7 nitrogen and oxygen atoms in total. The highest BCUT2D eigenvalue weighted by Crippen LogP contribution is 2.23. The van der Waals surface area contributed by atoms with Gasteiger partial charge < -0.3 is 14.1 Å². The van der Waals surface area contributed by atoms with Gasteiger partial charge in [0.2, 0.25) is 5.89 Å². The predicted molar refractivity (Wildman–Crippen MR) is 110 cm³/mol. The first-order valence-corrected chi connectivity index (χ1v) is 10.4. The number of nitrogens with zero attached hydrogens (tertiary/aromatic N) is 2. The number of anilines is 1. The Morgan fingerprint density at radius 2 is 1.82 bits per heavy atom. The molecule has 0 bridgehead atoms. The second kappa shape index (κ2) is 8.45. The predicted octanol–water partition coefficient (Wildman–Crippen LogP) is 3.42. The fourth-order valence-electron chi connectivity index (χ4n) is 2.48. The van der Waals surface area contributed by atoms with Crippen molar-refractivity contribution in [1.29, 1.82) is 0 Å². The Kier molecular flexibility index (Phi) is 6.01. The number of benzene rings is 2. The van der Waals surface area contributed by atoms with Gasteiger partial charge in [0.05, 0.1) is 6.26 Å². The molecule has 0 saturated heterocycles. The van der Waals surface area contributed by atoms with Crippen LogP contribution in [0.2, 0.25) is 0 Å². The summed E-state index contributed by atoms with van der Waals surface area (Å²) in [6.45, 7) is 0.0658. The number of hydrogen-bond donors (Lipinski definition) is 0. The molecule has 0 aliphatic rings. The molecule has 28 heavy (non-hydrogen) atoms. The van der Waals surface area contributed by atoms with E-state index in [9.17, 15) is 8.42 Å². The fourth-order valence-corrected chi connectivity index (χ4v) is 2.85. The summed E-state index contributed by atoms with van der Waals surface area (Å²) in [6, 6.07) is 13.4. The van der Waals surface area contributed by atoms with Crippen molar-refractivity contribution < 1.29 is 21.8 Å². The largest absolute Gasteiger partial charge is 0.491 e. The van der Waals surface area contributed by atoms with E-state index >= 15 is 0 Å². The first-order chi connectivity index (χ1) is 13.3. The quantitative estimate of drug-likeness (QED) is 0.422. The van der Waals surface area contributed by atoms with Gasteiger partial charge in [-0.1, -0.05) is 12.1 Å². The summed E-state index contributed by atoms with van der Waals surface area (Å²) in [6.07, 6.45) is 4.74. The number of ether oxygens (including phenoxy) is 1. The summed E-state index contributed by atoms with van der Waals surface area (Å²) in [5.74, 6) is 1.04. The third-order valence-electron chi connectivity index (χ3n) is 3.85. The zero-order valence-corrected chi connectivity index (χ0v) is 16.8. The second-order valence-corrected chi connectivity index (χ2v) is 8.02. The molecular formula is C20H22N2O5S. The van der Waals surface area contributed by atoms with Crippen molar-refractivity contribution in [2.45, 2.75) is 0 Å². The SMILES string of the molecule is CN(C)c1ccc(C=Cc2nc3ccc(OCCOS(C)(=O)=O)cc3o2)cc1. The molecule has 1 aromatic heterocycles. The molecule has 8 heteroatoms. The van der Waals surface area contributed by atoms with Crippen LogP contribution < -0.4 is 9.64 Å². The van der Waals surface area contributed by atoms with Crippen LogP contribution in [0.1, 0.15) is 11.5 Å². The molecule has 0 fully saturated rings. The molecule has 3 rings (SSSR count). The van der Waals surface area contributed by atoms with Crippen molar-refractivity contribution in [3.05, 3.63) is 53.9 Å². The first kappa shape index (κ1) is 19.9. The van der Waals surface area contributed by atoms with E-state index in [2.05, 4.69) is 9.17 Å². The van der Waals surface area contributed by atoms with Crippen LogP contribution in [0.15, 0.2) is 46.9 Å². The maximum Gasteiger partial charge on any atom is 0.264 e. The lowest BCUT2D eigenvalue weighted by Gasteiger charge is -2.11. The van der Waals surface area contributed by atoms with E-state index in [0.717, 1.165) is 17.5 Å². The molecule has 0 aliphatic heterocycles. The summed E-state index contributed by atoms with van der Waals surface area (Å²) < 4.78 is 37.7. The van der Waals surface area contributed by atoms with Gasteiger partial charge in [-0.3, -0.25) is 4.18 Å². The third kappa shape index (κ3) is 5.58. The summed E-state index contributed by atoms with van der Waals surface area (Å²) in [5.41, 5.74) is 3.47. The maximum absolute atomic E-state index is 10.9. The molecule has 0 N–H and O–H groups in total. The third-order valence-corrected chi connectivity index (χ3v) is 4.45. The molecule has 148 valence electrons. The zero-order chi connectivity index (χ0) is 20.1. The summed E-state index contributed by atoms with van der Waals surface area (Å²) in [4.78, 5) is 6.47. The molecule has 0 aliphatic carbocycles. The average molecular weight is 402 g/mol. The van der Waals surface area contributed by atoms with E-state index in [-0.39, 0.29) is 13.2 Å². The average Bonchev–Trinajstić information content (AvgIpc) is 3.05. The van der Waals surface area contributed by atoms with Crippen LogP contribution in [0, 0.1) is 0 Å². The topological polar surface area (TPSA) is 81.9 Å². The lowest BCUT2D eigenvalue weighted by atomic mass is 10.2. The molecule has 1 heterocycles. The molecule has 2 aromatic carbocycles. The highest BCUT2D eigenvalue weighted by molar-refractivity contribution is 7.85. The van der Waals surface area contributed by atoms with Crippen molar-refractivity contribution in [3.63, 3.8) is 0 Å². The monoisotopic (exact) mass is 402 g/mol. The lowest BCUT2D eigenvalue weighted by molar-refractivity contribution is 0.222. The Morgan fingerprint density at radius 1 is 1.07 bits per heavy atom. The van der Waals surface area contributed by atoms with Gasteiger partial charge in [0.1, 0.15) is 24.5 Å². The molecule has 0 saturated carbocycles. The van der Waals surface area contributed by atoms with Crippen LogP contribution >= 0.6 is 0 Å². The van der Waals surface area contributed by atoms with E-state index in [0.29, 0.717) is 22.7 Å². The number of oxazole rings is 1. The molecule has 0 radical (unpaired) electrons. The molecule has 3 aromatic rings. The van der Waals surface area contributed by atoms with Crippen molar-refractivity contribution in [3.8, 4) is 5.75 Å². The minimum atomic E-state index is -3.46. The number of rotatable bonds is 8. The minimum absolute atomic E-state index is 0.0477. The van der Waals surface area contributed by atoms with Crippen LogP contribution in [0.3, 0.4) is 0 Å². The van der Waals surface area contributed by atoms with Gasteiger partial charge in [0.15, 0.2) is 5.58 Å². The van der Waals surface area contributed by atoms with E-state index in [1.807, 2.05) is 55.4 Å². The highest BCUT2D eigenvalue weighted by Gasteiger charge is 2.06. The molecule has 0 spiro atoms. The van der Waals surface area contributed by atoms with Gasteiger partial charge in [-0.15, -0.1) is 0 Å². The first-order valence-electron chi connectivity index (χ1n) is 8.63. The van der Waals surface area contributed by atoms with E-state index in [1.165, 1.54) is 0 Å².